The van der Waals surface area contributed by atoms with Gasteiger partial charge in [-0.05, 0) is 74.9 Å². The molecule has 2 N–H and O–H groups in total. The molecule has 2 fully saturated rings. The summed E-state index contributed by atoms with van der Waals surface area (Å²) in [5.41, 5.74) is 5.52. The Hall–Kier alpha value is -4.18. The number of benzene rings is 1. The summed E-state index contributed by atoms with van der Waals surface area (Å²) in [4.78, 5) is 35.7. The zero-order valence-electron chi connectivity index (χ0n) is 23.9. The van der Waals surface area contributed by atoms with Crippen molar-refractivity contribution in [2.45, 2.75) is 46.0 Å². The van der Waals surface area contributed by atoms with Gasteiger partial charge >= 0.3 is 6.03 Å². The number of anilines is 3. The first-order valence-electron chi connectivity index (χ1n) is 14.0. The van der Waals surface area contributed by atoms with Gasteiger partial charge in [0.25, 0.3) is 5.91 Å². The van der Waals surface area contributed by atoms with Gasteiger partial charge in [-0.15, -0.1) is 11.3 Å². The molecule has 3 aromatic heterocycles. The van der Waals surface area contributed by atoms with Crippen molar-refractivity contribution in [2.24, 2.45) is 0 Å². The van der Waals surface area contributed by atoms with Gasteiger partial charge in [0.1, 0.15) is 11.6 Å². The quantitative estimate of drug-likeness (QED) is 0.301. The maximum atomic E-state index is 13.1. The van der Waals surface area contributed by atoms with Crippen LogP contribution in [0, 0.1) is 20.8 Å². The number of hydrogen-bond acceptors (Lipinski definition) is 6. The molecule has 0 bridgehead atoms. The van der Waals surface area contributed by atoms with Crippen LogP contribution in [0.4, 0.5) is 22.1 Å². The fourth-order valence-electron chi connectivity index (χ4n) is 5.09. The fraction of sp³-hybridized carbons (Fsp3) is 0.355. The first-order valence-corrected chi connectivity index (χ1v) is 14.9. The van der Waals surface area contributed by atoms with Gasteiger partial charge in [0.2, 0.25) is 0 Å². The number of amides is 3. The first kappa shape index (κ1) is 27.0. The summed E-state index contributed by atoms with van der Waals surface area (Å²) in [7, 11) is 0. The number of nitrogens with one attached hydrogen (secondary N) is 2. The van der Waals surface area contributed by atoms with E-state index in [1.54, 1.807) is 4.68 Å². The van der Waals surface area contributed by atoms with Crippen molar-refractivity contribution < 1.29 is 9.59 Å². The predicted molar refractivity (Wildman–Crippen MR) is 164 cm³/mol. The van der Waals surface area contributed by atoms with E-state index >= 15 is 0 Å². The van der Waals surface area contributed by atoms with Crippen LogP contribution in [0.5, 0.6) is 0 Å². The van der Waals surface area contributed by atoms with E-state index in [4.69, 9.17) is 10.1 Å². The molecule has 9 nitrogen and oxygen atoms in total. The van der Waals surface area contributed by atoms with E-state index in [1.165, 1.54) is 11.3 Å². The van der Waals surface area contributed by atoms with E-state index in [-0.39, 0.29) is 17.4 Å². The lowest BCUT2D eigenvalue weighted by molar-refractivity contribution is 0.0750. The summed E-state index contributed by atoms with van der Waals surface area (Å²) < 4.78 is 1.80. The molecule has 1 saturated carbocycles. The Bertz CT molecular complexity index is 1590. The highest BCUT2D eigenvalue weighted by atomic mass is 32.1. The molecule has 0 radical (unpaired) electrons. The SMILES string of the molecule is Cc1ccc(-n2nc(C3(C)CC3)cc2NC(=O)Nc2ccc(N3CCN(C(=O)c4sccc4C)CC3)nc2C)cc1. The molecule has 0 atom stereocenters. The lowest BCUT2D eigenvalue weighted by Gasteiger charge is -2.35. The summed E-state index contributed by atoms with van der Waals surface area (Å²) in [6, 6.07) is 15.5. The van der Waals surface area contributed by atoms with Crippen LogP contribution in [0.2, 0.25) is 0 Å². The number of aryl methyl sites for hydroxylation is 3. The maximum absolute atomic E-state index is 13.1. The molecule has 10 heteroatoms. The minimum absolute atomic E-state index is 0.0703. The van der Waals surface area contributed by atoms with E-state index < -0.39 is 0 Å². The zero-order chi connectivity index (χ0) is 28.7. The molecule has 1 aliphatic heterocycles. The van der Waals surface area contributed by atoms with E-state index in [0.29, 0.717) is 37.7 Å². The Kier molecular flexibility index (Phi) is 7.03. The Balaban J connectivity index is 1.11. The van der Waals surface area contributed by atoms with Crippen molar-refractivity contribution in [3.05, 3.63) is 81.3 Å². The van der Waals surface area contributed by atoms with Gasteiger partial charge < -0.3 is 15.1 Å². The number of carbonyl (C=O) groups excluding carboxylic acids is 2. The molecule has 0 unspecified atom stereocenters. The van der Waals surface area contributed by atoms with Crippen LogP contribution >= 0.6 is 11.3 Å². The molecular formula is C31H35N7O2S. The number of rotatable bonds is 6. The number of carbonyl (C=O) groups is 2. The topological polar surface area (TPSA) is 95.4 Å². The number of nitrogens with zero attached hydrogens (tertiary/aromatic N) is 5. The highest BCUT2D eigenvalue weighted by Crippen LogP contribution is 2.47. The minimum Gasteiger partial charge on any atom is -0.353 e. The summed E-state index contributed by atoms with van der Waals surface area (Å²) in [5, 5.41) is 12.8. The van der Waals surface area contributed by atoms with Gasteiger partial charge in [-0.3, -0.25) is 10.1 Å². The van der Waals surface area contributed by atoms with Crippen LogP contribution in [0.3, 0.4) is 0 Å². The summed E-state index contributed by atoms with van der Waals surface area (Å²) in [5.74, 6) is 1.57. The van der Waals surface area contributed by atoms with E-state index in [0.717, 1.165) is 51.7 Å². The van der Waals surface area contributed by atoms with Gasteiger partial charge in [-0.1, -0.05) is 24.6 Å². The average molecular weight is 570 g/mol. The van der Waals surface area contributed by atoms with Crippen molar-refractivity contribution in [3.63, 3.8) is 0 Å². The Morgan fingerprint density at radius 2 is 1.66 bits per heavy atom. The second-order valence-electron chi connectivity index (χ2n) is 11.3. The molecule has 4 heterocycles. The summed E-state index contributed by atoms with van der Waals surface area (Å²) >= 11 is 1.50. The van der Waals surface area contributed by atoms with Crippen molar-refractivity contribution in [1.82, 2.24) is 19.7 Å². The average Bonchev–Trinajstić information content (AvgIpc) is 3.35. The molecule has 1 aliphatic carbocycles. The van der Waals surface area contributed by atoms with Crippen LogP contribution in [-0.4, -0.2) is 57.8 Å². The molecule has 41 heavy (non-hydrogen) atoms. The lowest BCUT2D eigenvalue weighted by Crippen LogP contribution is -2.49. The standard InChI is InChI=1S/C31H35N7O2S/c1-20-5-7-23(8-6-20)38-27(19-25(35-38)31(4)12-13-31)34-30(40)33-24-9-10-26(32-22(24)3)36-14-16-37(17-15-36)29(39)28-21(2)11-18-41-28/h5-11,18-19H,12-17H2,1-4H3,(H2,33,34,40). The van der Waals surface area contributed by atoms with Crippen LogP contribution in [0.15, 0.2) is 53.9 Å². The van der Waals surface area contributed by atoms with Crippen LogP contribution in [-0.2, 0) is 5.41 Å². The molecule has 4 aromatic rings. The van der Waals surface area contributed by atoms with E-state index in [1.807, 2.05) is 79.6 Å². The van der Waals surface area contributed by atoms with Gasteiger partial charge in [0, 0.05) is 37.7 Å². The number of aromatic nitrogens is 3. The maximum Gasteiger partial charge on any atom is 0.324 e. The molecule has 3 amide bonds. The van der Waals surface area contributed by atoms with Crippen molar-refractivity contribution >= 4 is 40.6 Å². The summed E-state index contributed by atoms with van der Waals surface area (Å²) in [6.45, 7) is 10.8. The van der Waals surface area contributed by atoms with E-state index in [2.05, 4.69) is 22.5 Å². The third kappa shape index (κ3) is 5.56. The Labute approximate surface area is 244 Å². The monoisotopic (exact) mass is 569 g/mol. The Morgan fingerprint density at radius 3 is 2.29 bits per heavy atom. The second-order valence-corrected chi connectivity index (χ2v) is 12.2. The van der Waals surface area contributed by atoms with Crippen molar-refractivity contribution in [3.8, 4) is 5.69 Å². The number of thiophene rings is 1. The van der Waals surface area contributed by atoms with Crippen LogP contribution in [0.25, 0.3) is 5.69 Å². The number of hydrogen-bond donors (Lipinski definition) is 2. The van der Waals surface area contributed by atoms with Crippen LogP contribution < -0.4 is 15.5 Å². The second kappa shape index (κ2) is 10.7. The molecule has 6 rings (SSSR count). The molecule has 1 aromatic carbocycles. The minimum atomic E-state index is -0.348. The van der Waals surface area contributed by atoms with Gasteiger partial charge in [0.15, 0.2) is 0 Å². The summed E-state index contributed by atoms with van der Waals surface area (Å²) in [6.07, 6.45) is 2.20. The number of pyridine rings is 1. The molecule has 212 valence electrons. The largest absolute Gasteiger partial charge is 0.353 e. The molecule has 2 aliphatic rings. The molecule has 0 spiro atoms. The third-order valence-corrected chi connectivity index (χ3v) is 9.12. The van der Waals surface area contributed by atoms with Crippen molar-refractivity contribution in [2.75, 3.05) is 41.7 Å². The predicted octanol–water partition coefficient (Wildman–Crippen LogP) is 5.91. The zero-order valence-corrected chi connectivity index (χ0v) is 24.7. The van der Waals surface area contributed by atoms with Gasteiger partial charge in [-0.2, -0.15) is 5.10 Å². The normalized spacial score (nSPS) is 16.0. The lowest BCUT2D eigenvalue weighted by atomic mass is 10.1. The van der Waals surface area contributed by atoms with E-state index in [9.17, 15) is 9.59 Å². The van der Waals surface area contributed by atoms with Gasteiger partial charge in [-0.25, -0.2) is 14.5 Å². The Morgan fingerprint density at radius 1 is 0.927 bits per heavy atom. The molecule has 1 saturated heterocycles. The highest BCUT2D eigenvalue weighted by Gasteiger charge is 2.42. The van der Waals surface area contributed by atoms with Crippen LogP contribution in [0.1, 0.15) is 52.0 Å². The number of piperazine rings is 1. The first-order chi connectivity index (χ1) is 19.7. The van der Waals surface area contributed by atoms with Crippen molar-refractivity contribution in [1.29, 1.82) is 0 Å². The molecular weight excluding hydrogens is 534 g/mol. The fourth-order valence-corrected chi connectivity index (χ4v) is 5.98. The number of urea groups is 1. The smallest absolute Gasteiger partial charge is 0.324 e. The third-order valence-electron chi connectivity index (χ3n) is 8.11. The highest BCUT2D eigenvalue weighted by molar-refractivity contribution is 7.12. The van der Waals surface area contributed by atoms with Gasteiger partial charge in [0.05, 0.1) is 27.6 Å².